The van der Waals surface area contributed by atoms with E-state index in [1.807, 2.05) is 24.3 Å². The molecule has 0 aliphatic rings. The van der Waals surface area contributed by atoms with Gasteiger partial charge in [0.25, 0.3) is 0 Å². The lowest BCUT2D eigenvalue weighted by Gasteiger charge is -2.05. The number of nitrogens with one attached hydrogen (secondary N) is 1. The van der Waals surface area contributed by atoms with Crippen molar-refractivity contribution < 1.29 is 18.3 Å². The van der Waals surface area contributed by atoms with Crippen LogP contribution in [0.5, 0.6) is 5.75 Å². The Hall–Kier alpha value is -3.42. The molecular formula is C20H21FN4O3. The zero-order chi connectivity index (χ0) is 20.1. The number of hydrazone groups is 1. The molecule has 0 atom stereocenters. The van der Waals surface area contributed by atoms with Crippen LogP contribution < -0.4 is 10.2 Å². The molecule has 1 amide bonds. The number of carbonyl (C=O) groups excluding carboxylic acids is 1. The van der Waals surface area contributed by atoms with E-state index in [1.165, 1.54) is 24.9 Å². The molecule has 3 rings (SSSR count). The summed E-state index contributed by atoms with van der Waals surface area (Å²) in [6.45, 7) is 3.94. The number of benzene rings is 1. The van der Waals surface area contributed by atoms with E-state index in [4.69, 9.17) is 9.15 Å². The lowest BCUT2D eigenvalue weighted by Crippen LogP contribution is -2.17. The van der Waals surface area contributed by atoms with E-state index in [1.54, 1.807) is 13.0 Å². The third-order valence-corrected chi connectivity index (χ3v) is 4.15. The van der Waals surface area contributed by atoms with Crippen molar-refractivity contribution in [2.24, 2.45) is 12.1 Å². The molecule has 0 saturated carbocycles. The van der Waals surface area contributed by atoms with E-state index in [0.717, 1.165) is 16.9 Å². The Bertz CT molecular complexity index is 990. The minimum atomic E-state index is -0.545. The maximum absolute atomic E-state index is 13.8. The number of hydrogen-bond donors (Lipinski definition) is 1. The molecule has 0 fully saturated rings. The van der Waals surface area contributed by atoms with E-state index in [-0.39, 0.29) is 17.9 Å². The molecule has 2 aromatic heterocycles. The third-order valence-electron chi connectivity index (χ3n) is 4.15. The molecule has 2 heterocycles. The highest BCUT2D eigenvalue weighted by atomic mass is 19.1. The van der Waals surface area contributed by atoms with Crippen LogP contribution in [-0.2, 0) is 20.1 Å². The average molecular weight is 384 g/mol. The number of aromatic nitrogens is 2. The van der Waals surface area contributed by atoms with E-state index in [0.29, 0.717) is 11.5 Å². The Labute approximate surface area is 161 Å². The molecule has 8 heteroatoms. The van der Waals surface area contributed by atoms with Gasteiger partial charge in [-0.1, -0.05) is 19.1 Å². The summed E-state index contributed by atoms with van der Waals surface area (Å²) < 4.78 is 26.0. The summed E-state index contributed by atoms with van der Waals surface area (Å²) in [5, 5.41) is 7.69. The van der Waals surface area contributed by atoms with Crippen molar-refractivity contribution in [2.45, 2.75) is 26.9 Å². The summed E-state index contributed by atoms with van der Waals surface area (Å²) >= 11 is 0. The number of hydrogen-bond acceptors (Lipinski definition) is 5. The monoisotopic (exact) mass is 384 g/mol. The van der Waals surface area contributed by atoms with Gasteiger partial charge in [0, 0.05) is 7.05 Å². The molecule has 0 saturated heterocycles. The second-order valence-electron chi connectivity index (χ2n) is 6.16. The first-order valence-electron chi connectivity index (χ1n) is 8.81. The second kappa shape index (κ2) is 8.51. The standard InChI is InChI=1S/C20H21FN4O3/c1-4-14-5-7-15(8-6-14)27-12-16-9-10-18(28-16)20(26)23-22-11-17-13(2)24-25(3)19(17)21/h5-11H,4,12H2,1-3H3,(H,23,26)/b22-11-. The first-order valence-corrected chi connectivity index (χ1v) is 8.81. The Morgan fingerprint density at radius 2 is 2.07 bits per heavy atom. The molecule has 0 spiro atoms. The Balaban J connectivity index is 1.55. The summed E-state index contributed by atoms with van der Waals surface area (Å²) in [4.78, 5) is 12.1. The number of ether oxygens (including phenoxy) is 1. The van der Waals surface area contributed by atoms with E-state index in [2.05, 4.69) is 22.5 Å². The fourth-order valence-electron chi connectivity index (χ4n) is 2.56. The van der Waals surface area contributed by atoms with Gasteiger partial charge in [0.2, 0.25) is 5.95 Å². The third kappa shape index (κ3) is 4.46. The van der Waals surface area contributed by atoms with Crippen LogP contribution in [0.1, 0.15) is 40.1 Å². The average Bonchev–Trinajstić information content (AvgIpc) is 3.26. The van der Waals surface area contributed by atoms with Gasteiger partial charge in [-0.15, -0.1) is 0 Å². The van der Waals surface area contributed by atoms with Crippen LogP contribution in [0.4, 0.5) is 4.39 Å². The van der Waals surface area contributed by atoms with Gasteiger partial charge < -0.3 is 9.15 Å². The van der Waals surface area contributed by atoms with Gasteiger partial charge in [0.1, 0.15) is 18.1 Å². The molecule has 28 heavy (non-hydrogen) atoms. The van der Waals surface area contributed by atoms with Gasteiger partial charge in [0.15, 0.2) is 5.76 Å². The summed E-state index contributed by atoms with van der Waals surface area (Å²) in [6, 6.07) is 11.0. The minimum Gasteiger partial charge on any atom is -0.486 e. The van der Waals surface area contributed by atoms with E-state index < -0.39 is 11.9 Å². The molecule has 0 unspecified atom stereocenters. The molecule has 1 N–H and O–H groups in total. The van der Waals surface area contributed by atoms with Crippen molar-refractivity contribution in [1.29, 1.82) is 0 Å². The van der Waals surface area contributed by atoms with Crippen LogP contribution in [0.25, 0.3) is 0 Å². The molecule has 1 aromatic carbocycles. The van der Waals surface area contributed by atoms with Crippen molar-refractivity contribution >= 4 is 12.1 Å². The fourth-order valence-corrected chi connectivity index (χ4v) is 2.56. The second-order valence-corrected chi connectivity index (χ2v) is 6.16. The number of carbonyl (C=O) groups is 1. The van der Waals surface area contributed by atoms with Crippen LogP contribution in [0, 0.1) is 12.9 Å². The predicted octanol–water partition coefficient (Wildman–Crippen LogP) is 3.37. The van der Waals surface area contributed by atoms with Crippen LogP contribution in [0.3, 0.4) is 0 Å². The quantitative estimate of drug-likeness (QED) is 0.500. The first kappa shape index (κ1) is 19.3. The molecule has 0 bridgehead atoms. The van der Waals surface area contributed by atoms with Crippen molar-refractivity contribution in [3.8, 4) is 5.75 Å². The lowest BCUT2D eigenvalue weighted by atomic mass is 10.2. The number of halogens is 1. The number of rotatable bonds is 7. The van der Waals surface area contributed by atoms with E-state index >= 15 is 0 Å². The van der Waals surface area contributed by atoms with Crippen molar-refractivity contribution in [3.05, 3.63) is 70.7 Å². The molecule has 7 nitrogen and oxygen atoms in total. The Morgan fingerprint density at radius 3 is 2.71 bits per heavy atom. The van der Waals surface area contributed by atoms with Crippen LogP contribution >= 0.6 is 0 Å². The van der Waals surface area contributed by atoms with Gasteiger partial charge in [-0.2, -0.15) is 14.6 Å². The first-order chi connectivity index (χ1) is 13.5. The van der Waals surface area contributed by atoms with Gasteiger partial charge in [-0.05, 0) is 43.2 Å². The highest BCUT2D eigenvalue weighted by molar-refractivity contribution is 5.92. The van der Waals surface area contributed by atoms with Gasteiger partial charge in [-0.25, -0.2) is 10.1 Å². The number of aryl methyl sites for hydroxylation is 3. The number of amides is 1. The van der Waals surface area contributed by atoms with Crippen molar-refractivity contribution in [3.63, 3.8) is 0 Å². The van der Waals surface area contributed by atoms with Gasteiger partial charge >= 0.3 is 5.91 Å². The molecular weight excluding hydrogens is 363 g/mol. The zero-order valence-corrected chi connectivity index (χ0v) is 15.9. The Morgan fingerprint density at radius 1 is 1.32 bits per heavy atom. The molecule has 0 radical (unpaired) electrons. The number of furan rings is 1. The summed E-state index contributed by atoms with van der Waals surface area (Å²) in [7, 11) is 1.49. The summed E-state index contributed by atoms with van der Waals surface area (Å²) in [5.74, 6) is 0.234. The lowest BCUT2D eigenvalue weighted by molar-refractivity contribution is 0.0923. The maximum Gasteiger partial charge on any atom is 0.307 e. The normalized spacial score (nSPS) is 11.1. The van der Waals surface area contributed by atoms with Crippen LogP contribution in [-0.4, -0.2) is 21.9 Å². The zero-order valence-electron chi connectivity index (χ0n) is 15.9. The minimum absolute atomic E-state index is 0.0838. The SMILES string of the molecule is CCc1ccc(OCc2ccc(C(=O)N/N=C\c3c(C)nn(C)c3F)o2)cc1. The molecule has 3 aromatic rings. The van der Waals surface area contributed by atoms with Crippen LogP contribution in [0.15, 0.2) is 45.9 Å². The van der Waals surface area contributed by atoms with Crippen LogP contribution in [0.2, 0.25) is 0 Å². The molecule has 0 aliphatic carbocycles. The van der Waals surface area contributed by atoms with Crippen molar-refractivity contribution in [1.82, 2.24) is 15.2 Å². The van der Waals surface area contributed by atoms with E-state index in [9.17, 15) is 9.18 Å². The number of nitrogens with zero attached hydrogens (tertiary/aromatic N) is 3. The topological polar surface area (TPSA) is 81.6 Å². The maximum atomic E-state index is 13.8. The smallest absolute Gasteiger partial charge is 0.307 e. The molecule has 0 aliphatic heterocycles. The highest BCUT2D eigenvalue weighted by Crippen LogP contribution is 2.16. The largest absolute Gasteiger partial charge is 0.486 e. The van der Waals surface area contributed by atoms with Gasteiger partial charge in [-0.3, -0.25) is 4.79 Å². The fraction of sp³-hybridized carbons (Fsp3) is 0.250. The Kier molecular flexibility index (Phi) is 5.88. The predicted molar refractivity (Wildman–Crippen MR) is 102 cm³/mol. The summed E-state index contributed by atoms with van der Waals surface area (Å²) in [6.07, 6.45) is 2.18. The van der Waals surface area contributed by atoms with Gasteiger partial charge in [0.05, 0.1) is 17.5 Å². The highest BCUT2D eigenvalue weighted by Gasteiger charge is 2.13. The molecule has 146 valence electrons. The summed E-state index contributed by atoms with van der Waals surface area (Å²) in [5.41, 5.74) is 4.22. The van der Waals surface area contributed by atoms with Crippen molar-refractivity contribution in [2.75, 3.05) is 0 Å².